The van der Waals surface area contributed by atoms with E-state index < -0.39 is 0 Å². The van der Waals surface area contributed by atoms with E-state index in [9.17, 15) is 4.79 Å². The predicted molar refractivity (Wildman–Crippen MR) is 129 cm³/mol. The van der Waals surface area contributed by atoms with E-state index in [0.29, 0.717) is 6.54 Å². The summed E-state index contributed by atoms with van der Waals surface area (Å²) in [5.41, 5.74) is 5.84. The number of carbonyl (C=O) groups is 1. The molecule has 2 aromatic carbocycles. The van der Waals surface area contributed by atoms with E-state index in [1.165, 1.54) is 0 Å². The summed E-state index contributed by atoms with van der Waals surface area (Å²) in [6.45, 7) is 5.36. The molecule has 3 heterocycles. The van der Waals surface area contributed by atoms with Gasteiger partial charge in [-0.3, -0.25) is 4.79 Å². The summed E-state index contributed by atoms with van der Waals surface area (Å²) in [6.07, 6.45) is 2.11. The molecule has 0 bridgehead atoms. The number of methoxy groups -OCH3 is 2. The molecule has 1 aromatic heterocycles. The first kappa shape index (κ1) is 21.6. The summed E-state index contributed by atoms with van der Waals surface area (Å²) in [6, 6.07) is 13.9. The van der Waals surface area contributed by atoms with Crippen LogP contribution in [0.15, 0.2) is 53.6 Å². The average molecular weight is 447 g/mol. The quantitative estimate of drug-likeness (QED) is 0.562. The third-order valence-electron chi connectivity index (χ3n) is 7.01. The first-order chi connectivity index (χ1) is 16.0. The first-order valence-corrected chi connectivity index (χ1v) is 11.5. The van der Waals surface area contributed by atoms with Gasteiger partial charge in [-0.15, -0.1) is 0 Å². The van der Waals surface area contributed by atoms with E-state index in [0.717, 1.165) is 69.8 Å². The van der Waals surface area contributed by atoms with Crippen LogP contribution in [0.5, 0.6) is 11.5 Å². The standard InChI is InChI=1S/C27H30N2O4/c1-16-17(2)27(30)29(15-19-8-7-13-33-19)26(16)24-20-9-5-6-10-22(20)28-25(24)21-14-18(31-3)11-12-23(21)32-4/h5-6,9-12,14,19,26,28H,7-8,13,15H2,1-4H3. The second-order valence-electron chi connectivity index (χ2n) is 8.83. The lowest BCUT2D eigenvalue weighted by atomic mass is 9.93. The molecule has 1 saturated heterocycles. The molecule has 0 aliphatic carbocycles. The van der Waals surface area contributed by atoms with Crippen LogP contribution in [0.4, 0.5) is 0 Å². The van der Waals surface area contributed by atoms with Gasteiger partial charge in [-0.2, -0.15) is 0 Å². The monoisotopic (exact) mass is 446 g/mol. The molecule has 3 aromatic rings. The first-order valence-electron chi connectivity index (χ1n) is 11.5. The fourth-order valence-corrected chi connectivity index (χ4v) is 5.18. The number of hydrogen-bond donors (Lipinski definition) is 1. The maximum absolute atomic E-state index is 13.4. The summed E-state index contributed by atoms with van der Waals surface area (Å²) >= 11 is 0. The number of carbonyl (C=O) groups excluding carboxylic acids is 1. The van der Waals surface area contributed by atoms with Gasteiger partial charge in [0.25, 0.3) is 0 Å². The van der Waals surface area contributed by atoms with Crippen molar-refractivity contribution in [2.75, 3.05) is 27.4 Å². The van der Waals surface area contributed by atoms with Crippen LogP contribution in [-0.2, 0) is 9.53 Å². The number of benzene rings is 2. The Morgan fingerprint density at radius 2 is 1.94 bits per heavy atom. The molecule has 0 radical (unpaired) electrons. The van der Waals surface area contributed by atoms with Crippen LogP contribution in [0.2, 0.25) is 0 Å². The summed E-state index contributed by atoms with van der Waals surface area (Å²) < 4.78 is 17.2. The van der Waals surface area contributed by atoms with Crippen LogP contribution in [0.1, 0.15) is 38.3 Å². The van der Waals surface area contributed by atoms with Crippen molar-refractivity contribution < 1.29 is 19.0 Å². The van der Waals surface area contributed by atoms with Crippen molar-refractivity contribution in [1.29, 1.82) is 0 Å². The Balaban J connectivity index is 1.73. The Bertz CT molecular complexity index is 1240. The number of amides is 1. The Kier molecular flexibility index (Phi) is 5.62. The van der Waals surface area contributed by atoms with Gasteiger partial charge in [0.2, 0.25) is 5.91 Å². The van der Waals surface area contributed by atoms with Gasteiger partial charge in [0, 0.05) is 40.8 Å². The SMILES string of the molecule is COc1ccc(OC)c(-c2[nH]c3ccccc3c2C2C(C)=C(C)C(=O)N2CC2CCCO2)c1. The molecule has 172 valence electrons. The third-order valence-corrected chi connectivity index (χ3v) is 7.01. The molecule has 6 nitrogen and oxygen atoms in total. The van der Waals surface area contributed by atoms with Crippen molar-refractivity contribution in [3.63, 3.8) is 0 Å². The van der Waals surface area contributed by atoms with E-state index in [4.69, 9.17) is 14.2 Å². The lowest BCUT2D eigenvalue weighted by Gasteiger charge is -2.30. The number of aromatic amines is 1. The maximum atomic E-state index is 13.4. The van der Waals surface area contributed by atoms with Crippen LogP contribution >= 0.6 is 0 Å². The van der Waals surface area contributed by atoms with E-state index in [2.05, 4.69) is 24.0 Å². The molecule has 2 aliphatic rings. The normalized spacial score (nSPS) is 20.8. The van der Waals surface area contributed by atoms with Gasteiger partial charge in [-0.25, -0.2) is 0 Å². The number of para-hydroxylation sites is 1. The van der Waals surface area contributed by atoms with Crippen molar-refractivity contribution in [3.05, 3.63) is 59.2 Å². The van der Waals surface area contributed by atoms with Gasteiger partial charge in [0.1, 0.15) is 11.5 Å². The van der Waals surface area contributed by atoms with Gasteiger partial charge in [-0.1, -0.05) is 18.2 Å². The average Bonchev–Trinajstić information content (AvgIpc) is 3.54. The van der Waals surface area contributed by atoms with E-state index in [1.54, 1.807) is 14.2 Å². The number of H-pyrrole nitrogens is 1. The molecule has 2 unspecified atom stereocenters. The smallest absolute Gasteiger partial charge is 0.250 e. The van der Waals surface area contributed by atoms with Crippen LogP contribution in [-0.4, -0.2) is 49.3 Å². The molecule has 1 fully saturated rings. The fraction of sp³-hybridized carbons (Fsp3) is 0.370. The molecule has 5 rings (SSSR count). The molecule has 6 heteroatoms. The molecule has 2 aliphatic heterocycles. The summed E-state index contributed by atoms with van der Waals surface area (Å²) in [5, 5.41) is 1.10. The summed E-state index contributed by atoms with van der Waals surface area (Å²) in [5.74, 6) is 1.58. The molecule has 1 amide bonds. The zero-order valence-corrected chi connectivity index (χ0v) is 19.6. The van der Waals surface area contributed by atoms with E-state index in [-0.39, 0.29) is 18.1 Å². The largest absolute Gasteiger partial charge is 0.497 e. The van der Waals surface area contributed by atoms with Gasteiger partial charge in [0.05, 0.1) is 32.1 Å². The highest BCUT2D eigenvalue weighted by molar-refractivity contribution is 6.00. The lowest BCUT2D eigenvalue weighted by molar-refractivity contribution is -0.128. The van der Waals surface area contributed by atoms with Crippen LogP contribution in [0.25, 0.3) is 22.2 Å². The molecule has 0 spiro atoms. The number of nitrogens with one attached hydrogen (secondary N) is 1. The lowest BCUT2D eigenvalue weighted by Crippen LogP contribution is -2.36. The fourth-order valence-electron chi connectivity index (χ4n) is 5.18. The molecular weight excluding hydrogens is 416 g/mol. The van der Waals surface area contributed by atoms with Crippen molar-refractivity contribution in [3.8, 4) is 22.8 Å². The molecule has 33 heavy (non-hydrogen) atoms. The predicted octanol–water partition coefficient (Wildman–Crippen LogP) is 5.25. The molecule has 1 N–H and O–H groups in total. The number of ether oxygens (including phenoxy) is 3. The van der Waals surface area contributed by atoms with Gasteiger partial charge < -0.3 is 24.1 Å². The minimum Gasteiger partial charge on any atom is -0.497 e. The Morgan fingerprint density at radius 3 is 2.67 bits per heavy atom. The number of aromatic nitrogens is 1. The van der Waals surface area contributed by atoms with Crippen molar-refractivity contribution in [2.24, 2.45) is 0 Å². The zero-order valence-electron chi connectivity index (χ0n) is 19.6. The second-order valence-corrected chi connectivity index (χ2v) is 8.83. The van der Waals surface area contributed by atoms with Crippen LogP contribution in [0, 0.1) is 0 Å². The van der Waals surface area contributed by atoms with Gasteiger partial charge in [0.15, 0.2) is 0 Å². The van der Waals surface area contributed by atoms with E-state index in [1.807, 2.05) is 42.2 Å². The van der Waals surface area contributed by atoms with Crippen molar-refractivity contribution in [2.45, 2.75) is 38.8 Å². The number of hydrogen-bond acceptors (Lipinski definition) is 4. The minimum atomic E-state index is -0.177. The highest BCUT2D eigenvalue weighted by Gasteiger charge is 2.40. The number of nitrogens with zero attached hydrogens (tertiary/aromatic N) is 1. The van der Waals surface area contributed by atoms with Crippen molar-refractivity contribution >= 4 is 16.8 Å². The molecular formula is C27H30N2O4. The van der Waals surface area contributed by atoms with Crippen LogP contribution < -0.4 is 9.47 Å². The topological polar surface area (TPSA) is 63.8 Å². The van der Waals surface area contributed by atoms with E-state index >= 15 is 0 Å². The van der Waals surface area contributed by atoms with Crippen molar-refractivity contribution in [1.82, 2.24) is 9.88 Å². The number of fused-ring (bicyclic) bond motifs is 1. The van der Waals surface area contributed by atoms with Gasteiger partial charge in [-0.05, 0) is 56.5 Å². The van der Waals surface area contributed by atoms with Crippen LogP contribution in [0.3, 0.4) is 0 Å². The number of rotatable bonds is 6. The summed E-state index contributed by atoms with van der Waals surface area (Å²) in [4.78, 5) is 19.0. The Labute approximate surface area is 194 Å². The van der Waals surface area contributed by atoms with Gasteiger partial charge >= 0.3 is 0 Å². The minimum absolute atomic E-state index is 0.0789. The zero-order chi connectivity index (χ0) is 23.1. The second kappa shape index (κ2) is 8.60. The molecule has 2 atom stereocenters. The third kappa shape index (κ3) is 3.59. The highest BCUT2D eigenvalue weighted by atomic mass is 16.5. The maximum Gasteiger partial charge on any atom is 0.250 e. The Morgan fingerprint density at radius 1 is 1.12 bits per heavy atom. The molecule has 0 saturated carbocycles. The Hall–Kier alpha value is -3.25. The summed E-state index contributed by atoms with van der Waals surface area (Å²) in [7, 11) is 3.33. The highest BCUT2D eigenvalue weighted by Crippen LogP contribution is 2.47.